The van der Waals surface area contributed by atoms with Crippen LogP contribution in [-0.4, -0.2) is 32.9 Å². The molecule has 0 spiro atoms. The Morgan fingerprint density at radius 3 is 2.41 bits per heavy atom. The molecule has 0 unspecified atom stereocenters. The molecule has 0 aliphatic heterocycles. The number of tetrazole rings is 1. The predicted molar refractivity (Wildman–Crippen MR) is 106 cm³/mol. The van der Waals surface area contributed by atoms with Crippen LogP contribution in [0.2, 0.25) is 5.02 Å². The van der Waals surface area contributed by atoms with E-state index in [4.69, 9.17) is 11.6 Å². The fraction of sp³-hybridized carbons (Fsp3) is 0.158. The minimum absolute atomic E-state index is 0.336. The van der Waals surface area contributed by atoms with Gasteiger partial charge in [-0.1, -0.05) is 41.9 Å². The summed E-state index contributed by atoms with van der Waals surface area (Å²) < 4.78 is 1.70. The zero-order chi connectivity index (χ0) is 19.6. The van der Waals surface area contributed by atoms with Crippen LogP contribution >= 0.6 is 11.6 Å². The van der Waals surface area contributed by atoms with E-state index < -0.39 is 11.7 Å². The van der Waals surface area contributed by atoms with Crippen LogP contribution in [0.25, 0.3) is 11.3 Å². The van der Waals surface area contributed by atoms with E-state index in [9.17, 15) is 9.59 Å². The van der Waals surface area contributed by atoms with Crippen molar-refractivity contribution in [1.29, 1.82) is 0 Å². The van der Waals surface area contributed by atoms with E-state index in [1.54, 1.807) is 31.3 Å². The minimum atomic E-state index is -0.693. The normalized spacial score (nSPS) is 11.5. The first-order chi connectivity index (χ1) is 12.9. The lowest BCUT2D eigenvalue weighted by Gasteiger charge is -2.16. The molecule has 0 saturated heterocycles. The average molecular weight is 384 g/mol. The Kier molecular flexibility index (Phi) is 5.23. The van der Waals surface area contributed by atoms with Crippen molar-refractivity contribution in [1.82, 2.24) is 19.8 Å². The van der Waals surface area contributed by atoms with Crippen molar-refractivity contribution in [2.75, 3.05) is 11.9 Å². The smallest absolute Gasteiger partial charge is 0.295 e. The van der Waals surface area contributed by atoms with Crippen molar-refractivity contribution in [3.8, 4) is 5.69 Å². The zero-order valence-corrected chi connectivity index (χ0v) is 15.9. The third kappa shape index (κ3) is 3.54. The van der Waals surface area contributed by atoms with Crippen LogP contribution in [0.5, 0.6) is 0 Å². The zero-order valence-electron chi connectivity index (χ0n) is 15.1. The number of aromatic nitrogens is 4. The number of halogens is 1. The molecule has 27 heavy (non-hydrogen) atoms. The van der Waals surface area contributed by atoms with Crippen molar-refractivity contribution in [2.24, 2.45) is 0 Å². The van der Waals surface area contributed by atoms with Gasteiger partial charge in [-0.3, -0.25) is 4.90 Å². The maximum Gasteiger partial charge on any atom is 0.377 e. The van der Waals surface area contributed by atoms with Gasteiger partial charge in [-0.25, -0.2) is 9.59 Å². The first-order valence-corrected chi connectivity index (χ1v) is 8.63. The number of rotatable bonds is 3. The molecule has 1 heterocycles. The fourth-order valence-corrected chi connectivity index (χ4v) is 2.72. The molecule has 7 nitrogen and oxygen atoms in total. The van der Waals surface area contributed by atoms with E-state index in [2.05, 4.69) is 10.4 Å². The number of carbonyl (C=O) groups excluding carboxylic acids is 1. The number of nitrogens with zero attached hydrogens (tertiary/aromatic N) is 5. The Balaban J connectivity index is 1.90. The lowest BCUT2D eigenvalue weighted by molar-refractivity contribution is 0.245. The molecule has 0 fully saturated rings. The van der Waals surface area contributed by atoms with Gasteiger partial charge in [-0.2, -0.15) is 4.68 Å². The molecule has 0 bridgehead atoms. The maximum atomic E-state index is 12.7. The van der Waals surface area contributed by atoms with E-state index in [0.717, 1.165) is 15.8 Å². The van der Waals surface area contributed by atoms with Crippen molar-refractivity contribution < 1.29 is 4.79 Å². The van der Waals surface area contributed by atoms with E-state index in [1.165, 1.54) is 4.90 Å². The number of amides is 1. The summed E-state index contributed by atoms with van der Waals surface area (Å²) in [5, 5.41) is 7.80. The maximum absolute atomic E-state index is 12.7. The molecular formula is C19H18ClN5O2. The van der Waals surface area contributed by atoms with E-state index in [1.807, 2.05) is 44.2 Å². The summed E-state index contributed by atoms with van der Waals surface area (Å²) in [5.74, 6) is 0. The van der Waals surface area contributed by atoms with Crippen LogP contribution in [0.4, 0.5) is 10.5 Å². The van der Waals surface area contributed by atoms with Gasteiger partial charge in [0.25, 0.3) is 0 Å². The van der Waals surface area contributed by atoms with Crippen LogP contribution < -0.4 is 10.6 Å². The van der Waals surface area contributed by atoms with Crippen molar-refractivity contribution >= 4 is 28.9 Å². The second-order valence-corrected chi connectivity index (χ2v) is 6.30. The number of hydrogen-bond donors (Lipinski definition) is 0. The van der Waals surface area contributed by atoms with Gasteiger partial charge in [-0.15, -0.1) is 4.68 Å². The monoisotopic (exact) mass is 383 g/mol. The number of anilines is 1. The molecule has 1 amide bonds. The number of benzene rings is 2. The molecule has 0 radical (unpaired) electrons. The van der Waals surface area contributed by atoms with E-state index >= 15 is 0 Å². The lowest BCUT2D eigenvalue weighted by atomic mass is 10.1. The molecule has 0 atom stereocenters. The van der Waals surface area contributed by atoms with Crippen molar-refractivity contribution in [2.45, 2.75) is 13.8 Å². The average Bonchev–Trinajstić information content (AvgIpc) is 3.08. The molecular weight excluding hydrogens is 366 g/mol. The van der Waals surface area contributed by atoms with Crippen LogP contribution in [0.15, 0.2) is 59.4 Å². The minimum Gasteiger partial charge on any atom is -0.295 e. The summed E-state index contributed by atoms with van der Waals surface area (Å²) in [6.45, 7) is 3.98. The Labute approximate surface area is 161 Å². The largest absolute Gasteiger partial charge is 0.377 e. The SMILES string of the molecule is CC=C(C)c1ccc(N(C)C(=O)n2nnn(-c3ccccc3Cl)c2=O)cc1. The summed E-state index contributed by atoms with van der Waals surface area (Å²) in [4.78, 5) is 26.6. The summed E-state index contributed by atoms with van der Waals surface area (Å²) in [5.41, 5.74) is 2.49. The van der Waals surface area contributed by atoms with Gasteiger partial charge in [-0.05, 0) is 59.7 Å². The molecule has 0 aliphatic carbocycles. The molecule has 2 aromatic carbocycles. The highest BCUT2D eigenvalue weighted by Gasteiger charge is 2.20. The molecule has 1 aromatic heterocycles. The number of allylic oxidation sites excluding steroid dienone is 2. The topological polar surface area (TPSA) is 73.0 Å². The van der Waals surface area contributed by atoms with Crippen LogP contribution in [0, 0.1) is 0 Å². The molecule has 3 rings (SSSR count). The first kappa shape index (κ1) is 18.6. The number of hydrogen-bond acceptors (Lipinski definition) is 4. The number of para-hydroxylation sites is 1. The fourth-order valence-electron chi connectivity index (χ4n) is 2.51. The summed E-state index contributed by atoms with van der Waals surface area (Å²) >= 11 is 6.09. The van der Waals surface area contributed by atoms with Gasteiger partial charge >= 0.3 is 11.7 Å². The third-order valence-electron chi connectivity index (χ3n) is 4.27. The third-order valence-corrected chi connectivity index (χ3v) is 4.59. The van der Waals surface area contributed by atoms with Crippen molar-refractivity contribution in [3.05, 3.63) is 75.7 Å². The number of carbonyl (C=O) groups is 1. The van der Waals surface area contributed by atoms with Crippen LogP contribution in [0.1, 0.15) is 19.4 Å². The second kappa shape index (κ2) is 7.59. The molecule has 0 saturated carbocycles. The standard InChI is InChI=1S/C19H18ClN5O2/c1-4-13(2)14-9-11-15(12-10-14)23(3)18(26)25-19(27)24(21-22-25)17-8-6-5-7-16(17)20/h4-12H,1-3H3. The van der Waals surface area contributed by atoms with Gasteiger partial charge in [0, 0.05) is 12.7 Å². The highest BCUT2D eigenvalue weighted by Crippen LogP contribution is 2.20. The Morgan fingerprint density at radius 1 is 1.11 bits per heavy atom. The lowest BCUT2D eigenvalue weighted by Crippen LogP contribution is -2.38. The summed E-state index contributed by atoms with van der Waals surface area (Å²) in [6, 6.07) is 13.5. The Morgan fingerprint density at radius 2 is 1.78 bits per heavy atom. The Hall–Kier alpha value is -3.19. The van der Waals surface area contributed by atoms with Crippen molar-refractivity contribution in [3.63, 3.8) is 0 Å². The summed E-state index contributed by atoms with van der Waals surface area (Å²) in [7, 11) is 1.57. The van der Waals surface area contributed by atoms with Gasteiger partial charge < -0.3 is 0 Å². The highest BCUT2D eigenvalue weighted by molar-refractivity contribution is 6.32. The molecule has 3 aromatic rings. The van der Waals surface area contributed by atoms with Crippen LogP contribution in [-0.2, 0) is 0 Å². The first-order valence-electron chi connectivity index (χ1n) is 8.25. The van der Waals surface area contributed by atoms with E-state index in [-0.39, 0.29) is 0 Å². The Bertz CT molecular complexity index is 1070. The second-order valence-electron chi connectivity index (χ2n) is 5.90. The van der Waals surface area contributed by atoms with Gasteiger partial charge in [0.1, 0.15) is 0 Å². The predicted octanol–water partition coefficient (Wildman–Crippen LogP) is 3.61. The molecule has 138 valence electrons. The van der Waals surface area contributed by atoms with Gasteiger partial charge in [0.2, 0.25) is 0 Å². The van der Waals surface area contributed by atoms with Gasteiger partial charge in [0.05, 0.1) is 10.7 Å². The van der Waals surface area contributed by atoms with Gasteiger partial charge in [0.15, 0.2) is 0 Å². The molecule has 0 N–H and O–H groups in total. The quantitative estimate of drug-likeness (QED) is 0.647. The highest BCUT2D eigenvalue weighted by atomic mass is 35.5. The molecule has 0 aliphatic rings. The van der Waals surface area contributed by atoms with Crippen LogP contribution in [0.3, 0.4) is 0 Å². The summed E-state index contributed by atoms with van der Waals surface area (Å²) in [6.07, 6.45) is 2.01. The molecule has 8 heteroatoms. The van der Waals surface area contributed by atoms with E-state index in [0.29, 0.717) is 21.1 Å².